The fourth-order valence-corrected chi connectivity index (χ4v) is 4.94. The average molecular weight is 435 g/mol. The highest BCUT2D eigenvalue weighted by atomic mass is 35.5. The molecule has 0 radical (unpaired) electrons. The first kappa shape index (κ1) is 19.1. The number of hydrazone groups is 1. The molecule has 144 valence electrons. The SMILES string of the molecule is O=C(Cn1cnc2sc3c(c2c1=O)CCCC3)NN=Cc1ccc(Cl)cc1Cl. The van der Waals surface area contributed by atoms with Crippen LogP contribution in [-0.4, -0.2) is 21.7 Å². The molecule has 1 amide bonds. The van der Waals surface area contributed by atoms with E-state index in [1.165, 1.54) is 22.0 Å². The Kier molecular flexibility index (Phi) is 5.48. The van der Waals surface area contributed by atoms with Gasteiger partial charge in [-0.15, -0.1) is 11.3 Å². The molecule has 9 heteroatoms. The van der Waals surface area contributed by atoms with Crippen LogP contribution < -0.4 is 11.0 Å². The molecule has 1 N–H and O–H groups in total. The van der Waals surface area contributed by atoms with Gasteiger partial charge >= 0.3 is 0 Å². The van der Waals surface area contributed by atoms with Crippen LogP contribution in [0.15, 0.2) is 34.4 Å². The molecular formula is C19H16Cl2N4O2S. The number of carbonyl (C=O) groups excluding carboxylic acids is 1. The number of amides is 1. The molecule has 4 rings (SSSR count). The fourth-order valence-electron chi connectivity index (χ4n) is 3.26. The van der Waals surface area contributed by atoms with Crippen molar-refractivity contribution in [2.45, 2.75) is 32.2 Å². The molecule has 0 fully saturated rings. The highest BCUT2D eigenvalue weighted by Crippen LogP contribution is 2.33. The first-order chi connectivity index (χ1) is 13.5. The van der Waals surface area contributed by atoms with Crippen LogP contribution >= 0.6 is 34.5 Å². The van der Waals surface area contributed by atoms with Gasteiger partial charge in [0.1, 0.15) is 11.4 Å². The van der Waals surface area contributed by atoms with E-state index in [0.717, 1.165) is 36.1 Å². The lowest BCUT2D eigenvalue weighted by Crippen LogP contribution is -2.30. The molecule has 28 heavy (non-hydrogen) atoms. The smallest absolute Gasteiger partial charge is 0.262 e. The minimum absolute atomic E-state index is 0.155. The molecule has 0 saturated carbocycles. The second-order valence-corrected chi connectivity index (χ2v) is 8.45. The monoisotopic (exact) mass is 434 g/mol. The Hall–Kier alpha value is -2.22. The first-order valence-corrected chi connectivity index (χ1v) is 10.4. The van der Waals surface area contributed by atoms with E-state index < -0.39 is 5.91 Å². The van der Waals surface area contributed by atoms with Crippen molar-refractivity contribution in [2.75, 3.05) is 0 Å². The summed E-state index contributed by atoms with van der Waals surface area (Å²) in [4.78, 5) is 31.4. The highest BCUT2D eigenvalue weighted by molar-refractivity contribution is 7.18. The number of aromatic nitrogens is 2. The Morgan fingerprint density at radius 2 is 2.14 bits per heavy atom. The molecule has 2 aromatic heterocycles. The first-order valence-electron chi connectivity index (χ1n) is 8.79. The molecule has 2 heterocycles. The number of rotatable bonds is 4. The van der Waals surface area contributed by atoms with Gasteiger partial charge in [0.05, 0.1) is 23.0 Å². The molecule has 0 bridgehead atoms. The second-order valence-electron chi connectivity index (χ2n) is 6.53. The fraction of sp³-hybridized carbons (Fsp3) is 0.263. The van der Waals surface area contributed by atoms with Crippen molar-refractivity contribution in [3.8, 4) is 0 Å². The van der Waals surface area contributed by atoms with Crippen molar-refractivity contribution in [2.24, 2.45) is 5.10 Å². The van der Waals surface area contributed by atoms with Crippen LogP contribution in [-0.2, 0) is 24.2 Å². The van der Waals surface area contributed by atoms with E-state index >= 15 is 0 Å². The molecule has 1 aromatic carbocycles. The van der Waals surface area contributed by atoms with Gasteiger partial charge in [0.25, 0.3) is 11.5 Å². The van der Waals surface area contributed by atoms with Crippen molar-refractivity contribution in [3.05, 3.63) is 60.9 Å². The average Bonchev–Trinajstić information content (AvgIpc) is 3.05. The third-order valence-corrected chi connectivity index (χ3v) is 6.37. The Balaban J connectivity index is 1.50. The maximum Gasteiger partial charge on any atom is 0.262 e. The lowest BCUT2D eigenvalue weighted by Gasteiger charge is -2.10. The van der Waals surface area contributed by atoms with Crippen LogP contribution in [0.4, 0.5) is 0 Å². The number of halogens is 2. The summed E-state index contributed by atoms with van der Waals surface area (Å²) < 4.78 is 1.32. The summed E-state index contributed by atoms with van der Waals surface area (Å²) in [7, 11) is 0. The largest absolute Gasteiger partial charge is 0.289 e. The Morgan fingerprint density at radius 3 is 2.96 bits per heavy atom. The normalized spacial score (nSPS) is 13.8. The van der Waals surface area contributed by atoms with Crippen LogP contribution in [0.1, 0.15) is 28.8 Å². The lowest BCUT2D eigenvalue weighted by atomic mass is 9.97. The predicted molar refractivity (Wildman–Crippen MR) is 113 cm³/mol. The zero-order chi connectivity index (χ0) is 19.7. The molecule has 1 aliphatic carbocycles. The predicted octanol–water partition coefficient (Wildman–Crippen LogP) is 3.79. The van der Waals surface area contributed by atoms with Gasteiger partial charge in [-0.1, -0.05) is 29.3 Å². The number of aryl methyl sites for hydroxylation is 2. The third kappa shape index (κ3) is 3.83. The summed E-state index contributed by atoms with van der Waals surface area (Å²) in [5.41, 5.74) is 3.96. The summed E-state index contributed by atoms with van der Waals surface area (Å²) in [6, 6.07) is 4.97. The number of hydrogen-bond acceptors (Lipinski definition) is 5. The van der Waals surface area contributed by atoms with Crippen molar-refractivity contribution in [1.29, 1.82) is 0 Å². The number of nitrogens with one attached hydrogen (secondary N) is 1. The Bertz CT molecular complexity index is 1150. The van der Waals surface area contributed by atoms with Gasteiger partial charge in [-0.05, 0) is 43.4 Å². The summed E-state index contributed by atoms with van der Waals surface area (Å²) in [5, 5.41) is 5.50. The second kappa shape index (κ2) is 8.03. The van der Waals surface area contributed by atoms with Gasteiger partial charge in [-0.25, -0.2) is 10.4 Å². The van der Waals surface area contributed by atoms with Gasteiger partial charge in [-0.3, -0.25) is 14.2 Å². The zero-order valence-corrected chi connectivity index (χ0v) is 17.1. The van der Waals surface area contributed by atoms with Crippen LogP contribution in [0.2, 0.25) is 10.0 Å². The van der Waals surface area contributed by atoms with Crippen molar-refractivity contribution in [3.63, 3.8) is 0 Å². The van der Waals surface area contributed by atoms with Crippen LogP contribution in [0.25, 0.3) is 10.2 Å². The molecule has 0 aliphatic heterocycles. The summed E-state index contributed by atoms with van der Waals surface area (Å²) >= 11 is 13.5. The number of hydrogen-bond donors (Lipinski definition) is 1. The zero-order valence-electron chi connectivity index (χ0n) is 14.7. The highest BCUT2D eigenvalue weighted by Gasteiger charge is 2.20. The van der Waals surface area contributed by atoms with E-state index in [9.17, 15) is 9.59 Å². The van der Waals surface area contributed by atoms with E-state index in [1.807, 2.05) is 0 Å². The van der Waals surface area contributed by atoms with Crippen LogP contribution in [0, 0.1) is 0 Å². The Labute approximate surface area is 174 Å². The van der Waals surface area contributed by atoms with E-state index in [0.29, 0.717) is 21.0 Å². The summed E-state index contributed by atoms with van der Waals surface area (Å²) in [6.07, 6.45) is 6.97. The summed E-state index contributed by atoms with van der Waals surface area (Å²) in [6.45, 7) is -0.155. The van der Waals surface area contributed by atoms with E-state index in [4.69, 9.17) is 23.2 Å². The molecule has 0 atom stereocenters. The Morgan fingerprint density at radius 1 is 1.32 bits per heavy atom. The number of nitrogens with zero attached hydrogens (tertiary/aromatic N) is 3. The molecule has 1 aliphatic rings. The van der Waals surface area contributed by atoms with E-state index in [-0.39, 0.29) is 12.1 Å². The number of thiophene rings is 1. The molecule has 6 nitrogen and oxygen atoms in total. The van der Waals surface area contributed by atoms with E-state index in [2.05, 4.69) is 15.5 Å². The molecule has 3 aromatic rings. The van der Waals surface area contributed by atoms with Crippen LogP contribution in [0.5, 0.6) is 0 Å². The van der Waals surface area contributed by atoms with Gasteiger partial charge in [0.2, 0.25) is 0 Å². The number of benzene rings is 1. The lowest BCUT2D eigenvalue weighted by molar-refractivity contribution is -0.121. The van der Waals surface area contributed by atoms with Gasteiger partial charge in [-0.2, -0.15) is 5.10 Å². The number of fused-ring (bicyclic) bond motifs is 3. The third-order valence-electron chi connectivity index (χ3n) is 4.61. The molecule has 0 spiro atoms. The topological polar surface area (TPSA) is 76.3 Å². The van der Waals surface area contributed by atoms with Crippen LogP contribution in [0.3, 0.4) is 0 Å². The maximum atomic E-state index is 12.9. The standard InChI is InChI=1S/C19H16Cl2N4O2S/c20-12-6-5-11(14(21)7-12)8-23-24-16(26)9-25-10-22-18-17(19(25)27)13-3-1-2-4-15(13)28-18/h5-8,10H,1-4,9H2,(H,24,26). The van der Waals surface area contributed by atoms with Gasteiger partial charge < -0.3 is 0 Å². The van der Waals surface area contributed by atoms with Crippen molar-refractivity contribution < 1.29 is 4.79 Å². The van der Waals surface area contributed by atoms with Crippen molar-refractivity contribution >= 4 is 56.9 Å². The molecule has 0 unspecified atom stereocenters. The minimum Gasteiger partial charge on any atom is -0.289 e. The van der Waals surface area contributed by atoms with Crippen molar-refractivity contribution in [1.82, 2.24) is 15.0 Å². The quantitative estimate of drug-likeness (QED) is 0.501. The molecule has 0 saturated heterocycles. The molecular weight excluding hydrogens is 419 g/mol. The van der Waals surface area contributed by atoms with E-state index in [1.54, 1.807) is 29.5 Å². The maximum absolute atomic E-state index is 12.9. The van der Waals surface area contributed by atoms with Gasteiger partial charge in [0.15, 0.2) is 0 Å². The number of carbonyl (C=O) groups is 1. The minimum atomic E-state index is -0.423. The van der Waals surface area contributed by atoms with Gasteiger partial charge in [0, 0.05) is 15.5 Å². The summed E-state index contributed by atoms with van der Waals surface area (Å²) in [5.74, 6) is -0.423.